The maximum absolute atomic E-state index is 5.96. The minimum absolute atomic E-state index is 0.488. The second kappa shape index (κ2) is 9.76. The van der Waals surface area contributed by atoms with Crippen LogP contribution in [0.1, 0.15) is 50.3 Å². The van der Waals surface area contributed by atoms with E-state index in [0.717, 1.165) is 17.4 Å². The minimum atomic E-state index is 0.488. The minimum Gasteiger partial charge on any atom is -0.329 e. The summed E-state index contributed by atoms with van der Waals surface area (Å²) in [6.07, 6.45) is 7.85. The number of hydrogen-bond donors (Lipinski definition) is 1. The van der Waals surface area contributed by atoms with Gasteiger partial charge in [-0.2, -0.15) is 0 Å². The van der Waals surface area contributed by atoms with Crippen molar-refractivity contribution in [1.29, 1.82) is 0 Å². The summed E-state index contributed by atoms with van der Waals surface area (Å²) in [6.45, 7) is 3.94. The average molecular weight is 303 g/mol. The Kier molecular flexibility index (Phi) is 8.71. The SMILES string of the molecule is CCCCCCCC(CN)N(C)Cc1ccc(Cl)s1. The normalized spacial score (nSPS) is 13.1. The number of nitrogens with two attached hydrogens (primary N) is 1. The molecule has 1 atom stereocenters. The maximum Gasteiger partial charge on any atom is 0.0931 e. The lowest BCUT2D eigenvalue weighted by atomic mass is 10.1. The summed E-state index contributed by atoms with van der Waals surface area (Å²) in [6, 6.07) is 4.57. The highest BCUT2D eigenvalue weighted by Gasteiger charge is 2.13. The van der Waals surface area contributed by atoms with Crippen LogP contribution in [0.5, 0.6) is 0 Å². The van der Waals surface area contributed by atoms with Crippen LogP contribution in [0.25, 0.3) is 0 Å². The summed E-state index contributed by atoms with van der Waals surface area (Å²) in [7, 11) is 2.16. The van der Waals surface area contributed by atoms with Crippen LogP contribution in [0.15, 0.2) is 12.1 Å². The Morgan fingerprint density at radius 3 is 2.58 bits per heavy atom. The molecular formula is C15H27ClN2S. The zero-order valence-corrected chi connectivity index (χ0v) is 13.8. The largest absolute Gasteiger partial charge is 0.329 e. The van der Waals surface area contributed by atoms with E-state index in [4.69, 9.17) is 17.3 Å². The molecule has 0 aliphatic rings. The molecule has 1 rings (SSSR count). The second-order valence-electron chi connectivity index (χ2n) is 5.21. The molecular weight excluding hydrogens is 276 g/mol. The van der Waals surface area contributed by atoms with Crippen LogP contribution in [0.3, 0.4) is 0 Å². The van der Waals surface area contributed by atoms with E-state index >= 15 is 0 Å². The second-order valence-corrected chi connectivity index (χ2v) is 7.01. The van der Waals surface area contributed by atoms with Gasteiger partial charge in [-0.25, -0.2) is 0 Å². The highest BCUT2D eigenvalue weighted by molar-refractivity contribution is 7.16. The zero-order valence-electron chi connectivity index (χ0n) is 12.2. The third-order valence-corrected chi connectivity index (χ3v) is 4.79. The Labute approximate surface area is 126 Å². The van der Waals surface area contributed by atoms with Crippen molar-refractivity contribution in [1.82, 2.24) is 4.90 Å². The number of halogens is 1. The maximum atomic E-state index is 5.96. The van der Waals surface area contributed by atoms with Crippen molar-refractivity contribution >= 4 is 22.9 Å². The first-order valence-corrected chi connectivity index (χ1v) is 8.51. The molecule has 1 unspecified atom stereocenters. The summed E-state index contributed by atoms with van der Waals surface area (Å²) in [5.41, 5.74) is 5.91. The van der Waals surface area contributed by atoms with Gasteiger partial charge in [-0.15, -0.1) is 11.3 Å². The first-order chi connectivity index (χ1) is 9.17. The van der Waals surface area contributed by atoms with E-state index in [1.807, 2.05) is 6.07 Å². The molecule has 0 aliphatic heterocycles. The molecule has 0 bridgehead atoms. The van der Waals surface area contributed by atoms with Gasteiger partial charge in [-0.1, -0.05) is 50.6 Å². The van der Waals surface area contributed by atoms with Gasteiger partial charge in [0.1, 0.15) is 0 Å². The van der Waals surface area contributed by atoms with E-state index in [-0.39, 0.29) is 0 Å². The quantitative estimate of drug-likeness (QED) is 0.644. The molecule has 1 aromatic rings. The average Bonchev–Trinajstić information content (AvgIpc) is 2.79. The van der Waals surface area contributed by atoms with Gasteiger partial charge in [0.2, 0.25) is 0 Å². The fourth-order valence-corrected chi connectivity index (χ4v) is 3.46. The van der Waals surface area contributed by atoms with Crippen molar-refractivity contribution in [2.24, 2.45) is 5.73 Å². The summed E-state index contributed by atoms with van der Waals surface area (Å²) < 4.78 is 0.868. The van der Waals surface area contributed by atoms with Gasteiger partial charge in [0.25, 0.3) is 0 Å². The predicted octanol–water partition coefficient (Wildman–Crippen LogP) is 4.52. The molecule has 4 heteroatoms. The van der Waals surface area contributed by atoms with Crippen LogP contribution in [0.4, 0.5) is 0 Å². The fourth-order valence-electron chi connectivity index (χ4n) is 2.31. The number of thiophene rings is 1. The molecule has 0 amide bonds. The van der Waals surface area contributed by atoms with Crippen molar-refractivity contribution in [2.45, 2.75) is 58.0 Å². The standard InChI is InChI=1S/C15H27ClN2S/c1-3-4-5-6-7-8-13(11-17)18(2)12-14-9-10-15(16)19-14/h9-10,13H,3-8,11-12,17H2,1-2H3. The van der Waals surface area contributed by atoms with E-state index in [1.165, 1.54) is 43.4 Å². The third-order valence-electron chi connectivity index (χ3n) is 3.57. The number of likely N-dealkylation sites (N-methyl/N-ethyl adjacent to an activating group) is 1. The van der Waals surface area contributed by atoms with Gasteiger partial charge in [-0.05, 0) is 25.6 Å². The lowest BCUT2D eigenvalue weighted by molar-refractivity contribution is 0.224. The Bertz CT molecular complexity index is 341. The molecule has 1 heterocycles. The topological polar surface area (TPSA) is 29.3 Å². The molecule has 2 nitrogen and oxygen atoms in total. The van der Waals surface area contributed by atoms with Crippen LogP contribution in [0.2, 0.25) is 4.34 Å². The smallest absolute Gasteiger partial charge is 0.0931 e. The number of unbranched alkanes of at least 4 members (excludes halogenated alkanes) is 4. The third kappa shape index (κ3) is 6.75. The van der Waals surface area contributed by atoms with Crippen LogP contribution in [-0.2, 0) is 6.54 Å². The van der Waals surface area contributed by atoms with Gasteiger partial charge in [0.05, 0.1) is 4.34 Å². The summed E-state index contributed by atoms with van der Waals surface area (Å²) >= 11 is 7.63. The monoisotopic (exact) mass is 302 g/mol. The molecule has 0 saturated carbocycles. The van der Waals surface area contributed by atoms with E-state index < -0.39 is 0 Å². The summed E-state index contributed by atoms with van der Waals surface area (Å²) in [5, 5.41) is 0. The van der Waals surface area contributed by atoms with E-state index in [9.17, 15) is 0 Å². The van der Waals surface area contributed by atoms with Gasteiger partial charge in [0, 0.05) is 24.0 Å². The molecule has 0 aromatic carbocycles. The van der Waals surface area contributed by atoms with Gasteiger partial charge in [-0.3, -0.25) is 4.90 Å². The van der Waals surface area contributed by atoms with Crippen LogP contribution in [0, 0.1) is 0 Å². The molecule has 0 saturated heterocycles. The fraction of sp³-hybridized carbons (Fsp3) is 0.733. The first-order valence-electron chi connectivity index (χ1n) is 7.31. The number of rotatable bonds is 10. The van der Waals surface area contributed by atoms with Crippen LogP contribution >= 0.6 is 22.9 Å². The predicted molar refractivity (Wildman–Crippen MR) is 87.0 cm³/mol. The highest BCUT2D eigenvalue weighted by Crippen LogP contribution is 2.23. The molecule has 0 radical (unpaired) electrons. The molecule has 1 aromatic heterocycles. The summed E-state index contributed by atoms with van der Waals surface area (Å²) in [4.78, 5) is 3.68. The lowest BCUT2D eigenvalue weighted by Crippen LogP contribution is -2.37. The first kappa shape index (κ1) is 17.0. The number of hydrogen-bond acceptors (Lipinski definition) is 3. The Hall–Kier alpha value is -0.0900. The van der Waals surface area contributed by atoms with Crippen LogP contribution in [-0.4, -0.2) is 24.5 Å². The van der Waals surface area contributed by atoms with E-state index in [2.05, 4.69) is 24.9 Å². The highest BCUT2D eigenvalue weighted by atomic mass is 35.5. The molecule has 0 aliphatic carbocycles. The van der Waals surface area contributed by atoms with Crippen molar-refractivity contribution in [2.75, 3.05) is 13.6 Å². The van der Waals surface area contributed by atoms with Crippen molar-refractivity contribution in [3.63, 3.8) is 0 Å². The number of nitrogens with zero attached hydrogens (tertiary/aromatic N) is 1. The Balaban J connectivity index is 2.28. The van der Waals surface area contributed by atoms with Crippen molar-refractivity contribution in [3.05, 3.63) is 21.3 Å². The van der Waals surface area contributed by atoms with Crippen LogP contribution < -0.4 is 5.73 Å². The summed E-state index contributed by atoms with van der Waals surface area (Å²) in [5.74, 6) is 0. The lowest BCUT2D eigenvalue weighted by Gasteiger charge is -2.26. The molecule has 110 valence electrons. The molecule has 19 heavy (non-hydrogen) atoms. The Morgan fingerprint density at radius 1 is 1.26 bits per heavy atom. The zero-order chi connectivity index (χ0) is 14.1. The van der Waals surface area contributed by atoms with E-state index in [1.54, 1.807) is 11.3 Å². The van der Waals surface area contributed by atoms with Crippen molar-refractivity contribution in [3.8, 4) is 0 Å². The van der Waals surface area contributed by atoms with Gasteiger partial charge < -0.3 is 5.73 Å². The van der Waals surface area contributed by atoms with Gasteiger partial charge in [0.15, 0.2) is 0 Å². The molecule has 0 spiro atoms. The van der Waals surface area contributed by atoms with Crippen molar-refractivity contribution < 1.29 is 0 Å². The van der Waals surface area contributed by atoms with E-state index in [0.29, 0.717) is 6.04 Å². The molecule has 2 N–H and O–H groups in total. The molecule has 0 fully saturated rings. The Morgan fingerprint density at radius 2 is 2.00 bits per heavy atom. The van der Waals surface area contributed by atoms with Gasteiger partial charge >= 0.3 is 0 Å².